The third kappa shape index (κ3) is 3.09. The number of likely N-dealkylation sites (N-methyl/N-ethyl adjacent to an activating group) is 1. The first-order chi connectivity index (χ1) is 9.58. The quantitative estimate of drug-likeness (QED) is 0.928. The first-order valence-corrected chi connectivity index (χ1v) is 7.01. The fraction of sp³-hybridized carbons (Fsp3) is 0.533. The largest absolute Gasteiger partial charge is 0.454 e. The molecule has 1 heterocycles. The van der Waals surface area contributed by atoms with E-state index in [1.807, 2.05) is 18.2 Å². The average molecular weight is 313 g/mol. The summed E-state index contributed by atoms with van der Waals surface area (Å²) >= 11 is 0. The summed E-state index contributed by atoms with van der Waals surface area (Å²) in [5.74, 6) is 1.54. The average Bonchev–Trinajstić information content (AvgIpc) is 3.06. The zero-order valence-corrected chi connectivity index (χ0v) is 12.9. The van der Waals surface area contributed by atoms with Gasteiger partial charge in [0.1, 0.15) is 0 Å². The lowest BCUT2D eigenvalue weighted by atomic mass is 9.97. The molecule has 0 atom stereocenters. The maximum absolute atomic E-state index is 12.5. The number of carbonyl (C=O) groups is 1. The summed E-state index contributed by atoms with van der Waals surface area (Å²) in [4.78, 5) is 14.2. The van der Waals surface area contributed by atoms with Gasteiger partial charge in [0.15, 0.2) is 11.5 Å². The minimum absolute atomic E-state index is 0. The summed E-state index contributed by atoms with van der Waals surface area (Å²) in [7, 11) is 1.81. The van der Waals surface area contributed by atoms with Crippen LogP contribution in [-0.4, -0.2) is 30.2 Å². The van der Waals surface area contributed by atoms with Crippen molar-refractivity contribution in [3.8, 4) is 11.5 Å². The van der Waals surface area contributed by atoms with E-state index in [1.54, 1.807) is 11.9 Å². The minimum atomic E-state index is -0.662. The van der Waals surface area contributed by atoms with Crippen LogP contribution in [0.2, 0.25) is 0 Å². The van der Waals surface area contributed by atoms with Gasteiger partial charge in [0, 0.05) is 13.6 Å². The van der Waals surface area contributed by atoms with Gasteiger partial charge < -0.3 is 20.1 Å². The van der Waals surface area contributed by atoms with Crippen LogP contribution in [0.3, 0.4) is 0 Å². The van der Waals surface area contributed by atoms with Gasteiger partial charge in [-0.05, 0) is 30.5 Å². The Hall–Kier alpha value is -1.46. The molecular weight excluding hydrogens is 292 g/mol. The number of hydrogen-bond acceptors (Lipinski definition) is 4. The van der Waals surface area contributed by atoms with Crippen LogP contribution >= 0.6 is 12.4 Å². The normalized spacial score (nSPS) is 18.2. The second-order valence-electron chi connectivity index (χ2n) is 5.71. The Labute approximate surface area is 130 Å². The summed E-state index contributed by atoms with van der Waals surface area (Å²) in [6, 6.07) is 5.75. The van der Waals surface area contributed by atoms with Gasteiger partial charge in [0.05, 0.1) is 5.54 Å². The van der Waals surface area contributed by atoms with Gasteiger partial charge in [-0.1, -0.05) is 18.9 Å². The topological polar surface area (TPSA) is 64.8 Å². The predicted molar refractivity (Wildman–Crippen MR) is 81.7 cm³/mol. The fourth-order valence-electron chi connectivity index (χ4n) is 2.98. The molecule has 5 nitrogen and oxygen atoms in total. The number of hydrogen-bond donors (Lipinski definition) is 1. The molecule has 6 heteroatoms. The van der Waals surface area contributed by atoms with Crippen LogP contribution in [0.4, 0.5) is 0 Å². The molecular formula is C15H21ClN2O3. The molecule has 1 fully saturated rings. The van der Waals surface area contributed by atoms with Gasteiger partial charge in [-0.3, -0.25) is 4.79 Å². The smallest absolute Gasteiger partial charge is 0.242 e. The van der Waals surface area contributed by atoms with Crippen LogP contribution in [0.1, 0.15) is 31.2 Å². The Bertz CT molecular complexity index is 530. The number of benzene rings is 1. The Morgan fingerprint density at radius 2 is 1.95 bits per heavy atom. The highest BCUT2D eigenvalue weighted by Gasteiger charge is 2.38. The van der Waals surface area contributed by atoms with Crippen molar-refractivity contribution in [3.05, 3.63) is 23.8 Å². The van der Waals surface area contributed by atoms with Crippen LogP contribution in [0, 0.1) is 0 Å². The van der Waals surface area contributed by atoms with Crippen LogP contribution < -0.4 is 15.2 Å². The van der Waals surface area contributed by atoms with Gasteiger partial charge in [0.2, 0.25) is 12.7 Å². The molecule has 0 bridgehead atoms. The number of halogens is 1. The number of amides is 1. The molecule has 2 N–H and O–H groups in total. The zero-order chi connectivity index (χ0) is 14.2. The van der Waals surface area contributed by atoms with Gasteiger partial charge in [-0.2, -0.15) is 0 Å². The van der Waals surface area contributed by atoms with E-state index >= 15 is 0 Å². The van der Waals surface area contributed by atoms with Gasteiger partial charge in [-0.15, -0.1) is 12.4 Å². The highest BCUT2D eigenvalue weighted by atomic mass is 35.5. The number of fused-ring (bicyclic) bond motifs is 1. The van der Waals surface area contributed by atoms with E-state index in [4.69, 9.17) is 15.2 Å². The SMILES string of the molecule is CN(Cc1ccc2c(c1)OCO2)C(=O)C1(N)CCCC1.Cl. The molecule has 0 aromatic heterocycles. The van der Waals surface area contributed by atoms with Crippen molar-refractivity contribution in [2.45, 2.75) is 37.8 Å². The third-order valence-electron chi connectivity index (χ3n) is 4.13. The number of ether oxygens (including phenoxy) is 2. The molecule has 0 unspecified atom stereocenters. The van der Waals surface area contributed by atoms with E-state index in [0.29, 0.717) is 6.54 Å². The Balaban J connectivity index is 0.00000161. The predicted octanol–water partition coefficient (Wildman–Crippen LogP) is 2.07. The second-order valence-corrected chi connectivity index (χ2v) is 5.71. The first-order valence-electron chi connectivity index (χ1n) is 7.01. The third-order valence-corrected chi connectivity index (χ3v) is 4.13. The lowest BCUT2D eigenvalue weighted by Gasteiger charge is -2.28. The molecule has 0 spiro atoms. The van der Waals surface area contributed by atoms with Crippen LogP contribution in [0.15, 0.2) is 18.2 Å². The summed E-state index contributed by atoms with van der Waals surface area (Å²) in [6.45, 7) is 0.799. The van der Waals surface area contributed by atoms with Crippen molar-refractivity contribution in [1.82, 2.24) is 4.90 Å². The van der Waals surface area contributed by atoms with Gasteiger partial charge >= 0.3 is 0 Å². The summed E-state index contributed by atoms with van der Waals surface area (Å²) in [6.07, 6.45) is 3.66. The number of carbonyl (C=O) groups excluding carboxylic acids is 1. The molecule has 1 aromatic carbocycles. The lowest BCUT2D eigenvalue weighted by molar-refractivity contribution is -0.136. The summed E-state index contributed by atoms with van der Waals surface area (Å²) in [5, 5.41) is 0. The van der Waals surface area contributed by atoms with Crippen molar-refractivity contribution in [1.29, 1.82) is 0 Å². The molecule has 1 saturated carbocycles. The number of rotatable bonds is 3. The lowest BCUT2D eigenvalue weighted by Crippen LogP contribution is -2.52. The van der Waals surface area contributed by atoms with Crippen molar-refractivity contribution in [3.63, 3.8) is 0 Å². The highest BCUT2D eigenvalue weighted by molar-refractivity contribution is 5.86. The van der Waals surface area contributed by atoms with E-state index < -0.39 is 5.54 Å². The number of nitrogens with two attached hydrogens (primary N) is 1. The fourth-order valence-corrected chi connectivity index (χ4v) is 2.98. The Morgan fingerprint density at radius 1 is 1.29 bits per heavy atom. The molecule has 1 aromatic rings. The number of nitrogens with zero attached hydrogens (tertiary/aromatic N) is 1. The van der Waals surface area contributed by atoms with Crippen LogP contribution in [0.25, 0.3) is 0 Å². The second kappa shape index (κ2) is 6.12. The highest BCUT2D eigenvalue weighted by Crippen LogP contribution is 2.33. The molecule has 0 saturated heterocycles. The monoisotopic (exact) mass is 312 g/mol. The van der Waals surface area contributed by atoms with E-state index in [0.717, 1.165) is 42.7 Å². The van der Waals surface area contributed by atoms with Gasteiger partial charge in [-0.25, -0.2) is 0 Å². The maximum Gasteiger partial charge on any atom is 0.242 e. The van der Waals surface area contributed by atoms with Crippen molar-refractivity contribution in [2.75, 3.05) is 13.8 Å². The molecule has 21 heavy (non-hydrogen) atoms. The Morgan fingerprint density at radius 3 is 2.67 bits per heavy atom. The van der Waals surface area contributed by atoms with E-state index in [2.05, 4.69) is 0 Å². The van der Waals surface area contributed by atoms with E-state index in [9.17, 15) is 4.79 Å². The van der Waals surface area contributed by atoms with Crippen LogP contribution in [0.5, 0.6) is 11.5 Å². The zero-order valence-electron chi connectivity index (χ0n) is 12.1. The minimum Gasteiger partial charge on any atom is -0.454 e. The van der Waals surface area contributed by atoms with Crippen LogP contribution in [-0.2, 0) is 11.3 Å². The van der Waals surface area contributed by atoms with Crippen molar-refractivity contribution in [2.24, 2.45) is 5.73 Å². The molecule has 1 amide bonds. The first kappa shape index (κ1) is 15.9. The Kier molecular flexibility index (Phi) is 4.64. The molecule has 3 rings (SSSR count). The van der Waals surface area contributed by atoms with Gasteiger partial charge in [0.25, 0.3) is 0 Å². The van der Waals surface area contributed by atoms with Crippen molar-refractivity contribution >= 4 is 18.3 Å². The molecule has 1 aliphatic carbocycles. The maximum atomic E-state index is 12.5. The molecule has 2 aliphatic rings. The van der Waals surface area contributed by atoms with E-state index in [-0.39, 0.29) is 25.1 Å². The summed E-state index contributed by atoms with van der Waals surface area (Å²) < 4.78 is 10.6. The molecule has 1 aliphatic heterocycles. The summed E-state index contributed by atoms with van der Waals surface area (Å²) in [5.41, 5.74) is 6.57. The van der Waals surface area contributed by atoms with E-state index in [1.165, 1.54) is 0 Å². The standard InChI is InChI=1S/C15H20N2O3.ClH/c1-17(14(18)15(16)6-2-3-7-15)9-11-4-5-12-13(8-11)20-10-19-12;/h4-5,8H,2-3,6-7,9-10,16H2,1H3;1H. The van der Waals surface area contributed by atoms with Crippen molar-refractivity contribution < 1.29 is 14.3 Å². The molecule has 116 valence electrons. The molecule has 0 radical (unpaired) electrons.